The van der Waals surface area contributed by atoms with Crippen molar-refractivity contribution in [3.05, 3.63) is 35.9 Å². The van der Waals surface area contributed by atoms with Gasteiger partial charge in [-0.2, -0.15) is 4.90 Å². The number of aryl methyl sites for hydroxylation is 1. The minimum Gasteiger partial charge on any atom is -0.443 e. The van der Waals surface area contributed by atoms with Crippen LogP contribution >= 0.6 is 0 Å². The molecule has 0 aromatic heterocycles. The van der Waals surface area contributed by atoms with Crippen molar-refractivity contribution in [2.75, 3.05) is 19.9 Å². The third-order valence-corrected chi connectivity index (χ3v) is 6.13. The predicted octanol–water partition coefficient (Wildman–Crippen LogP) is 6.02. The molecule has 1 aliphatic rings. The molecule has 0 radical (unpaired) electrons. The highest BCUT2D eigenvalue weighted by molar-refractivity contribution is 5.88. The zero-order valence-corrected chi connectivity index (χ0v) is 23.8. The van der Waals surface area contributed by atoms with Crippen LogP contribution in [0.25, 0.3) is 0 Å². The number of amides is 3. The van der Waals surface area contributed by atoms with Crippen LogP contribution in [0.1, 0.15) is 79.7 Å². The van der Waals surface area contributed by atoms with Crippen LogP contribution in [0, 0.1) is 0 Å². The fraction of sp³-hybridized carbons (Fsp3) is 0.679. The lowest BCUT2D eigenvalue weighted by Gasteiger charge is -2.36. The summed E-state index contributed by atoms with van der Waals surface area (Å²) >= 11 is 0. The van der Waals surface area contributed by atoms with E-state index in [9.17, 15) is 18.8 Å². The number of alkyl carbamates (subject to hydrolysis) is 1. The average molecular weight is 538 g/mol. The highest BCUT2D eigenvalue weighted by Crippen LogP contribution is 2.26. The van der Waals surface area contributed by atoms with Gasteiger partial charge in [0.2, 0.25) is 0 Å². The minimum absolute atomic E-state index is 0.0270. The first-order valence-corrected chi connectivity index (χ1v) is 13.2. The lowest BCUT2D eigenvalue weighted by Crippen LogP contribution is -2.55. The number of hydrogen-bond donors (Lipinski definition) is 1. The number of nitrogens with one attached hydrogen (secondary N) is 1. The fourth-order valence-corrected chi connectivity index (χ4v) is 4.07. The van der Waals surface area contributed by atoms with Crippen LogP contribution in [-0.2, 0) is 20.6 Å². The lowest BCUT2D eigenvalue weighted by molar-refractivity contribution is -0.0305. The van der Waals surface area contributed by atoms with Crippen LogP contribution in [0.5, 0.6) is 0 Å². The molecule has 38 heavy (non-hydrogen) atoms. The summed E-state index contributed by atoms with van der Waals surface area (Å²) in [6.07, 6.45) is -0.489. The number of halogens is 1. The molecule has 1 aliphatic heterocycles. The van der Waals surface area contributed by atoms with Crippen molar-refractivity contribution in [3.8, 4) is 0 Å². The Bertz CT molecular complexity index is 932. The molecule has 0 spiro atoms. The Morgan fingerprint density at radius 2 is 1.55 bits per heavy atom. The molecule has 2 rings (SSSR count). The lowest BCUT2D eigenvalue weighted by atomic mass is 9.98. The summed E-state index contributed by atoms with van der Waals surface area (Å²) in [5.41, 5.74) is -1.51. The van der Waals surface area contributed by atoms with Crippen molar-refractivity contribution in [2.45, 2.75) is 104 Å². The van der Waals surface area contributed by atoms with Crippen LogP contribution in [0.2, 0.25) is 0 Å². The summed E-state index contributed by atoms with van der Waals surface area (Å²) in [5.74, 6) is 0. The first kappa shape index (κ1) is 31.3. The number of carbonyl (C=O) groups excluding carboxylic acids is 3. The summed E-state index contributed by atoms with van der Waals surface area (Å²) in [6, 6.07) is 9.88. The van der Waals surface area contributed by atoms with Gasteiger partial charge in [0, 0.05) is 13.0 Å². The molecular weight excluding hydrogens is 493 g/mol. The van der Waals surface area contributed by atoms with Gasteiger partial charge >= 0.3 is 18.3 Å². The Labute approximate surface area is 226 Å². The number of carbonyl (C=O) groups is 3. The van der Waals surface area contributed by atoms with E-state index in [0.717, 1.165) is 10.5 Å². The Morgan fingerprint density at radius 1 is 0.947 bits per heavy atom. The molecule has 0 aliphatic carbocycles. The molecule has 1 atom stereocenters. The van der Waals surface area contributed by atoms with E-state index in [-0.39, 0.29) is 13.1 Å². The van der Waals surface area contributed by atoms with E-state index in [1.165, 1.54) is 0 Å². The monoisotopic (exact) mass is 537 g/mol. The van der Waals surface area contributed by atoms with Gasteiger partial charge in [0.15, 0.2) is 0 Å². The molecule has 1 saturated heterocycles. The molecule has 1 heterocycles. The normalized spacial score (nSPS) is 16.6. The Morgan fingerprint density at radius 3 is 2.16 bits per heavy atom. The standard InChI is InChI=1S/C28H44FN3O6/c1-26(2,3)37-24(34)32(25(35)38-27(4,5)16-15-21-12-9-8-10-13-21)22-14-11-19-31(22)20-30-23(33)36-28(6,7)17-18-29/h8-10,12-13,22H,11,14-20H2,1-7H3,(H,30,33). The van der Waals surface area contributed by atoms with Gasteiger partial charge in [-0.15, -0.1) is 0 Å². The van der Waals surface area contributed by atoms with Gasteiger partial charge < -0.3 is 19.5 Å². The van der Waals surface area contributed by atoms with Gasteiger partial charge in [0.25, 0.3) is 0 Å². The summed E-state index contributed by atoms with van der Waals surface area (Å²) in [4.78, 5) is 41.8. The molecule has 1 N–H and O–H groups in total. The largest absolute Gasteiger partial charge is 0.443 e. The Hall–Kier alpha value is -2.88. The van der Waals surface area contributed by atoms with Crippen molar-refractivity contribution in [2.24, 2.45) is 0 Å². The average Bonchev–Trinajstić information content (AvgIpc) is 3.23. The second kappa shape index (κ2) is 13.3. The van der Waals surface area contributed by atoms with E-state index in [1.807, 2.05) is 44.2 Å². The van der Waals surface area contributed by atoms with Gasteiger partial charge in [-0.25, -0.2) is 14.4 Å². The topological polar surface area (TPSA) is 97.4 Å². The van der Waals surface area contributed by atoms with Crippen LogP contribution in [0.4, 0.5) is 18.8 Å². The molecule has 0 bridgehead atoms. The maximum absolute atomic E-state index is 13.5. The third kappa shape index (κ3) is 10.5. The van der Waals surface area contributed by atoms with Crippen LogP contribution in [0.15, 0.2) is 30.3 Å². The third-order valence-electron chi connectivity index (χ3n) is 6.13. The molecule has 1 fully saturated rings. The molecule has 0 saturated carbocycles. The number of hydrogen-bond acceptors (Lipinski definition) is 7. The highest BCUT2D eigenvalue weighted by Gasteiger charge is 2.42. The van der Waals surface area contributed by atoms with Crippen molar-refractivity contribution < 1.29 is 33.0 Å². The first-order chi connectivity index (χ1) is 17.6. The summed E-state index contributed by atoms with van der Waals surface area (Å²) in [6.45, 7) is 12.0. The number of nitrogens with zero attached hydrogens (tertiary/aromatic N) is 2. The second-order valence-electron chi connectivity index (χ2n) is 11.8. The smallest absolute Gasteiger partial charge is 0.421 e. The molecular formula is C28H44FN3O6. The Kier molecular flexibility index (Phi) is 10.9. The van der Waals surface area contributed by atoms with E-state index in [1.54, 1.807) is 39.5 Å². The summed E-state index contributed by atoms with van der Waals surface area (Å²) in [7, 11) is 0. The summed E-state index contributed by atoms with van der Waals surface area (Å²) in [5, 5.41) is 2.65. The number of rotatable bonds is 10. The quantitative estimate of drug-likeness (QED) is 0.365. The number of ether oxygens (including phenoxy) is 3. The zero-order valence-electron chi connectivity index (χ0n) is 23.8. The van der Waals surface area contributed by atoms with Crippen molar-refractivity contribution in [1.29, 1.82) is 0 Å². The zero-order chi connectivity index (χ0) is 28.6. The summed E-state index contributed by atoms with van der Waals surface area (Å²) < 4.78 is 29.4. The van der Waals surface area contributed by atoms with Crippen molar-refractivity contribution >= 4 is 18.3 Å². The Balaban J connectivity index is 2.12. The van der Waals surface area contributed by atoms with E-state index < -0.39 is 47.9 Å². The van der Waals surface area contributed by atoms with Crippen molar-refractivity contribution in [3.63, 3.8) is 0 Å². The second-order valence-corrected chi connectivity index (χ2v) is 11.8. The van der Waals surface area contributed by atoms with Crippen molar-refractivity contribution in [1.82, 2.24) is 15.1 Å². The molecule has 3 amide bonds. The van der Waals surface area contributed by atoms with E-state index in [0.29, 0.717) is 32.2 Å². The maximum atomic E-state index is 13.5. The molecule has 1 unspecified atom stereocenters. The SMILES string of the molecule is CC(C)(C)OC(=O)N(C(=O)OC(C)(C)CCc1ccccc1)C1CCCN1CNC(=O)OC(C)(C)CCF. The van der Waals surface area contributed by atoms with E-state index in [4.69, 9.17) is 14.2 Å². The number of benzene rings is 1. The van der Waals surface area contributed by atoms with Gasteiger partial charge in [0.05, 0.1) is 13.3 Å². The highest BCUT2D eigenvalue weighted by atomic mass is 19.1. The molecule has 1 aromatic carbocycles. The fourth-order valence-electron chi connectivity index (χ4n) is 4.07. The first-order valence-electron chi connectivity index (χ1n) is 13.2. The van der Waals surface area contributed by atoms with Crippen LogP contribution in [0.3, 0.4) is 0 Å². The number of alkyl halides is 1. The van der Waals surface area contributed by atoms with Gasteiger partial charge in [0.1, 0.15) is 23.0 Å². The van der Waals surface area contributed by atoms with Gasteiger partial charge in [-0.3, -0.25) is 9.29 Å². The molecule has 9 nitrogen and oxygen atoms in total. The molecule has 10 heteroatoms. The van der Waals surface area contributed by atoms with Crippen LogP contribution < -0.4 is 5.32 Å². The van der Waals surface area contributed by atoms with E-state index >= 15 is 0 Å². The van der Waals surface area contributed by atoms with Gasteiger partial charge in [-0.1, -0.05) is 30.3 Å². The van der Waals surface area contributed by atoms with E-state index in [2.05, 4.69) is 5.32 Å². The van der Waals surface area contributed by atoms with Gasteiger partial charge in [-0.05, 0) is 79.7 Å². The number of likely N-dealkylation sites (tertiary alicyclic amines) is 1. The molecule has 214 valence electrons. The minimum atomic E-state index is -0.957. The molecule has 1 aromatic rings. The number of imide groups is 1. The van der Waals surface area contributed by atoms with Crippen LogP contribution in [-0.4, -0.2) is 70.9 Å². The maximum Gasteiger partial charge on any atom is 0.421 e. The predicted molar refractivity (Wildman–Crippen MR) is 142 cm³/mol.